The maximum Gasteiger partial charge on any atom is 0.178 e. The van der Waals surface area contributed by atoms with Crippen LogP contribution in [-0.2, 0) is 0 Å². The van der Waals surface area contributed by atoms with Crippen molar-refractivity contribution in [3.05, 3.63) is 10.4 Å². The molecule has 1 aromatic heterocycles. The molecule has 1 aliphatic carbocycles. The third-order valence-corrected chi connectivity index (χ3v) is 5.56. The molecule has 2 N–H and O–H groups in total. The average Bonchev–Trinajstić information content (AvgIpc) is 3.23. The van der Waals surface area contributed by atoms with Crippen molar-refractivity contribution in [1.82, 2.24) is 0 Å². The Balaban J connectivity index is 1.92. The average molecular weight is 289 g/mol. The lowest BCUT2D eigenvalue weighted by Gasteiger charge is -2.31. The maximum absolute atomic E-state index is 12.2. The molecule has 1 saturated heterocycles. The first-order valence-corrected chi connectivity index (χ1v) is 8.05. The molecule has 1 saturated carbocycles. The zero-order valence-corrected chi connectivity index (χ0v) is 12.5. The fourth-order valence-corrected chi connectivity index (χ4v) is 3.93. The van der Waals surface area contributed by atoms with E-state index in [-0.39, 0.29) is 11.7 Å². The molecule has 20 heavy (non-hydrogen) atoms. The van der Waals surface area contributed by atoms with Crippen LogP contribution in [0.1, 0.15) is 47.8 Å². The van der Waals surface area contributed by atoms with Crippen molar-refractivity contribution < 1.29 is 4.79 Å². The van der Waals surface area contributed by atoms with E-state index in [1.807, 2.05) is 0 Å². The molecule has 0 spiro atoms. The Morgan fingerprint density at radius 3 is 2.55 bits per heavy atom. The highest BCUT2D eigenvalue weighted by Crippen LogP contribution is 2.43. The van der Waals surface area contributed by atoms with Crippen LogP contribution < -0.4 is 10.6 Å². The number of carbonyl (C=O) groups excluding carboxylic acids is 1. The first kappa shape index (κ1) is 13.4. The standard InChI is InChI=1S/C15H19N3OS/c1-9-4-6-18(7-5-9)15-11(8-16)12(17)14(20-15)13(19)10-2-3-10/h9-10H,2-7,17H2,1H3. The van der Waals surface area contributed by atoms with Crippen molar-refractivity contribution in [3.63, 3.8) is 0 Å². The van der Waals surface area contributed by atoms with Crippen LogP contribution in [0.2, 0.25) is 0 Å². The summed E-state index contributed by atoms with van der Waals surface area (Å²) in [7, 11) is 0. The highest BCUT2D eigenvalue weighted by atomic mass is 32.1. The summed E-state index contributed by atoms with van der Waals surface area (Å²) in [6.45, 7) is 4.16. The molecule has 1 aromatic rings. The minimum atomic E-state index is 0.139. The molecular weight excluding hydrogens is 270 g/mol. The van der Waals surface area contributed by atoms with Gasteiger partial charge in [0, 0.05) is 19.0 Å². The molecule has 2 heterocycles. The Morgan fingerprint density at radius 1 is 1.35 bits per heavy atom. The summed E-state index contributed by atoms with van der Waals surface area (Å²) < 4.78 is 0. The van der Waals surface area contributed by atoms with E-state index < -0.39 is 0 Å². The fourth-order valence-electron chi connectivity index (χ4n) is 2.69. The van der Waals surface area contributed by atoms with Crippen LogP contribution in [0.15, 0.2) is 0 Å². The van der Waals surface area contributed by atoms with Crippen LogP contribution in [0.3, 0.4) is 0 Å². The van der Waals surface area contributed by atoms with Gasteiger partial charge >= 0.3 is 0 Å². The normalized spacial score (nSPS) is 19.9. The van der Waals surface area contributed by atoms with Gasteiger partial charge in [-0.1, -0.05) is 6.92 Å². The van der Waals surface area contributed by atoms with Gasteiger partial charge in [0.1, 0.15) is 16.6 Å². The zero-order valence-electron chi connectivity index (χ0n) is 11.7. The summed E-state index contributed by atoms with van der Waals surface area (Å²) in [6.07, 6.45) is 4.20. The minimum Gasteiger partial charge on any atom is -0.396 e. The molecule has 2 aliphatic rings. The molecule has 0 amide bonds. The summed E-state index contributed by atoms with van der Waals surface area (Å²) in [5, 5.41) is 10.3. The first-order chi connectivity index (χ1) is 9.61. The Bertz CT molecular complexity index is 575. The number of thiophene rings is 1. The molecule has 0 radical (unpaired) electrons. The van der Waals surface area contributed by atoms with Gasteiger partial charge in [0.15, 0.2) is 5.78 Å². The highest BCUT2D eigenvalue weighted by molar-refractivity contribution is 7.19. The van der Waals surface area contributed by atoms with Gasteiger partial charge in [0.25, 0.3) is 0 Å². The van der Waals surface area contributed by atoms with Crippen LogP contribution in [-0.4, -0.2) is 18.9 Å². The molecule has 106 valence electrons. The van der Waals surface area contributed by atoms with Crippen LogP contribution in [0.5, 0.6) is 0 Å². The smallest absolute Gasteiger partial charge is 0.178 e. The summed E-state index contributed by atoms with van der Waals surface area (Å²) in [5.41, 5.74) is 6.97. The Kier molecular flexibility index (Phi) is 3.43. The second kappa shape index (κ2) is 5.10. The molecule has 0 aromatic carbocycles. The van der Waals surface area contributed by atoms with Gasteiger partial charge in [0.05, 0.1) is 10.6 Å². The van der Waals surface area contributed by atoms with E-state index in [4.69, 9.17) is 5.73 Å². The lowest BCUT2D eigenvalue weighted by atomic mass is 9.99. The van der Waals surface area contributed by atoms with Crippen molar-refractivity contribution in [1.29, 1.82) is 5.26 Å². The summed E-state index contributed by atoms with van der Waals surface area (Å²) in [5.74, 6) is 1.03. The molecule has 1 aliphatic heterocycles. The molecular formula is C15H19N3OS. The van der Waals surface area contributed by atoms with E-state index in [9.17, 15) is 10.1 Å². The van der Waals surface area contributed by atoms with Gasteiger partial charge < -0.3 is 10.6 Å². The SMILES string of the molecule is CC1CCN(c2sc(C(=O)C3CC3)c(N)c2C#N)CC1. The van der Waals surface area contributed by atoms with E-state index in [1.165, 1.54) is 11.3 Å². The number of nitriles is 1. The number of piperidine rings is 1. The van der Waals surface area contributed by atoms with E-state index in [2.05, 4.69) is 17.9 Å². The van der Waals surface area contributed by atoms with Crippen molar-refractivity contribution in [3.8, 4) is 6.07 Å². The molecule has 3 rings (SSSR count). The molecule has 5 heteroatoms. The second-order valence-electron chi connectivity index (χ2n) is 5.94. The number of nitrogen functional groups attached to an aromatic ring is 1. The molecule has 0 bridgehead atoms. The Morgan fingerprint density at radius 2 is 2.00 bits per heavy atom. The summed E-state index contributed by atoms with van der Waals surface area (Å²) >= 11 is 1.42. The van der Waals surface area contributed by atoms with Crippen molar-refractivity contribution in [2.75, 3.05) is 23.7 Å². The van der Waals surface area contributed by atoms with Crippen molar-refractivity contribution >= 4 is 27.8 Å². The number of nitrogens with zero attached hydrogens (tertiary/aromatic N) is 2. The van der Waals surface area contributed by atoms with Gasteiger partial charge in [-0.05, 0) is 31.6 Å². The Hall–Kier alpha value is -1.54. The number of Topliss-reactive ketones (excluding diaryl/α,β-unsaturated/α-hetero) is 1. The monoisotopic (exact) mass is 289 g/mol. The molecule has 4 nitrogen and oxygen atoms in total. The minimum absolute atomic E-state index is 0.139. The topological polar surface area (TPSA) is 70.1 Å². The molecule has 0 atom stereocenters. The van der Waals surface area contributed by atoms with Gasteiger partial charge in [-0.3, -0.25) is 4.79 Å². The number of rotatable bonds is 3. The van der Waals surface area contributed by atoms with Crippen LogP contribution >= 0.6 is 11.3 Å². The summed E-state index contributed by atoms with van der Waals surface area (Å²) in [6, 6.07) is 2.20. The number of ketones is 1. The number of hydrogen-bond donors (Lipinski definition) is 1. The lowest BCUT2D eigenvalue weighted by molar-refractivity contribution is 0.0972. The second-order valence-corrected chi connectivity index (χ2v) is 6.94. The van der Waals surface area contributed by atoms with Crippen LogP contribution in [0, 0.1) is 23.2 Å². The lowest BCUT2D eigenvalue weighted by Crippen LogP contribution is -2.32. The predicted molar refractivity (Wildman–Crippen MR) is 81.1 cm³/mol. The van der Waals surface area contributed by atoms with Crippen LogP contribution in [0.4, 0.5) is 10.7 Å². The van der Waals surface area contributed by atoms with E-state index in [1.54, 1.807) is 0 Å². The molecule has 0 unspecified atom stereocenters. The highest BCUT2D eigenvalue weighted by Gasteiger charge is 2.35. The van der Waals surface area contributed by atoms with Gasteiger partial charge in [-0.2, -0.15) is 5.26 Å². The number of hydrogen-bond acceptors (Lipinski definition) is 5. The van der Waals surface area contributed by atoms with Crippen molar-refractivity contribution in [2.45, 2.75) is 32.6 Å². The largest absolute Gasteiger partial charge is 0.396 e. The maximum atomic E-state index is 12.2. The zero-order chi connectivity index (χ0) is 14.3. The fraction of sp³-hybridized carbons (Fsp3) is 0.600. The van der Waals surface area contributed by atoms with E-state index in [0.717, 1.165) is 49.7 Å². The molecule has 2 fully saturated rings. The third kappa shape index (κ3) is 2.29. The predicted octanol–water partition coefficient (Wildman–Crippen LogP) is 3.03. The number of anilines is 2. The quantitative estimate of drug-likeness (QED) is 0.868. The van der Waals surface area contributed by atoms with E-state index >= 15 is 0 Å². The first-order valence-electron chi connectivity index (χ1n) is 7.23. The van der Waals surface area contributed by atoms with Crippen LogP contribution in [0.25, 0.3) is 0 Å². The Labute approximate surface area is 123 Å². The van der Waals surface area contributed by atoms with Crippen molar-refractivity contribution in [2.24, 2.45) is 11.8 Å². The van der Waals surface area contributed by atoms with Gasteiger partial charge in [0.2, 0.25) is 0 Å². The number of carbonyl (C=O) groups is 1. The third-order valence-electron chi connectivity index (χ3n) is 4.28. The van der Waals surface area contributed by atoms with Gasteiger partial charge in [-0.25, -0.2) is 0 Å². The summed E-state index contributed by atoms with van der Waals surface area (Å²) in [4.78, 5) is 15.1. The number of nitrogens with two attached hydrogens (primary N) is 1. The van der Waals surface area contributed by atoms with E-state index in [0.29, 0.717) is 16.1 Å². The van der Waals surface area contributed by atoms with Gasteiger partial charge in [-0.15, -0.1) is 11.3 Å².